The van der Waals surface area contributed by atoms with E-state index in [1.165, 1.54) is 37.7 Å². The average Bonchev–Trinajstić information content (AvgIpc) is 2.46. The molecule has 5 nitrogen and oxygen atoms in total. The molecule has 0 radical (unpaired) electrons. The lowest BCUT2D eigenvalue weighted by Gasteiger charge is -2.16. The zero-order valence-electron chi connectivity index (χ0n) is 10.5. The van der Waals surface area contributed by atoms with E-state index in [1.807, 2.05) is 0 Å². The van der Waals surface area contributed by atoms with Crippen LogP contribution in [0.2, 0.25) is 0 Å². The number of alkyl halides is 2. The van der Waals surface area contributed by atoms with Gasteiger partial charge in [0.25, 0.3) is 0 Å². The molecule has 0 aliphatic heterocycles. The summed E-state index contributed by atoms with van der Waals surface area (Å²) in [5.41, 5.74) is 0.284. The molecule has 0 saturated carbocycles. The molecule has 0 spiro atoms. The van der Waals surface area contributed by atoms with Crippen LogP contribution in [-0.2, 0) is 0 Å². The zero-order valence-corrected chi connectivity index (χ0v) is 10.5. The van der Waals surface area contributed by atoms with Crippen LogP contribution in [0.4, 0.5) is 8.78 Å². The van der Waals surface area contributed by atoms with E-state index in [2.05, 4.69) is 14.7 Å². The van der Waals surface area contributed by atoms with Crippen molar-refractivity contribution in [3.8, 4) is 11.6 Å². The van der Waals surface area contributed by atoms with E-state index in [4.69, 9.17) is 4.74 Å². The second-order valence-electron chi connectivity index (χ2n) is 3.77. The molecule has 0 saturated heterocycles. The summed E-state index contributed by atoms with van der Waals surface area (Å²) >= 11 is 0. The molecule has 0 aliphatic carbocycles. The Bertz CT molecular complexity index is 581. The Balaban J connectivity index is 2.40. The van der Waals surface area contributed by atoms with Gasteiger partial charge >= 0.3 is 6.61 Å². The van der Waals surface area contributed by atoms with E-state index in [1.54, 1.807) is 6.07 Å². The van der Waals surface area contributed by atoms with E-state index in [0.717, 1.165) is 0 Å². The maximum absolute atomic E-state index is 12.4. The number of hydrogen-bond donors (Lipinski definition) is 1. The maximum Gasteiger partial charge on any atom is 0.387 e. The van der Waals surface area contributed by atoms with Crippen molar-refractivity contribution in [2.45, 2.75) is 12.7 Å². The Kier molecular flexibility index (Phi) is 4.41. The molecule has 0 bridgehead atoms. The highest BCUT2D eigenvalue weighted by atomic mass is 19.3. The SMILES string of the molecule is COc1nccnc1C(O)c1ccccc1OC(F)F. The molecule has 1 N–H and O–H groups in total. The van der Waals surface area contributed by atoms with Crippen LogP contribution < -0.4 is 9.47 Å². The third-order valence-corrected chi connectivity index (χ3v) is 2.57. The Morgan fingerprint density at radius 1 is 1.15 bits per heavy atom. The van der Waals surface area contributed by atoms with Crippen molar-refractivity contribution in [2.75, 3.05) is 7.11 Å². The fourth-order valence-electron chi connectivity index (χ4n) is 1.74. The predicted octanol–water partition coefficient (Wildman–Crippen LogP) is 2.17. The first-order valence-electron chi connectivity index (χ1n) is 5.70. The average molecular weight is 282 g/mol. The quantitative estimate of drug-likeness (QED) is 0.910. The summed E-state index contributed by atoms with van der Waals surface area (Å²) in [6, 6.07) is 5.94. The molecule has 0 amide bonds. The minimum Gasteiger partial charge on any atom is -0.480 e. The summed E-state index contributed by atoms with van der Waals surface area (Å²) in [6.07, 6.45) is 1.49. The van der Waals surface area contributed by atoms with E-state index < -0.39 is 12.7 Å². The van der Waals surface area contributed by atoms with Crippen molar-refractivity contribution in [3.63, 3.8) is 0 Å². The largest absolute Gasteiger partial charge is 0.480 e. The fraction of sp³-hybridized carbons (Fsp3) is 0.231. The Labute approximate surface area is 113 Å². The van der Waals surface area contributed by atoms with Crippen molar-refractivity contribution in [1.82, 2.24) is 9.97 Å². The highest BCUT2D eigenvalue weighted by molar-refractivity contribution is 5.40. The number of aliphatic hydroxyl groups excluding tert-OH is 1. The molecule has 1 unspecified atom stereocenters. The number of rotatable bonds is 5. The summed E-state index contributed by atoms with van der Waals surface area (Å²) < 4.78 is 34.1. The maximum atomic E-state index is 12.4. The van der Waals surface area contributed by atoms with Crippen molar-refractivity contribution >= 4 is 0 Å². The molecular formula is C13H12F2N2O3. The monoisotopic (exact) mass is 282 g/mol. The first-order chi connectivity index (χ1) is 9.63. The normalized spacial score (nSPS) is 12.2. The second kappa shape index (κ2) is 6.25. The molecule has 0 aliphatic rings. The lowest BCUT2D eigenvalue weighted by molar-refractivity contribution is -0.0513. The summed E-state index contributed by atoms with van der Waals surface area (Å²) in [5.74, 6) is -0.00504. The lowest BCUT2D eigenvalue weighted by Crippen LogP contribution is -2.10. The number of aliphatic hydroxyl groups is 1. The number of methoxy groups -OCH3 is 1. The first-order valence-corrected chi connectivity index (χ1v) is 5.70. The third kappa shape index (κ3) is 3.00. The highest BCUT2D eigenvalue weighted by Crippen LogP contribution is 2.32. The topological polar surface area (TPSA) is 64.5 Å². The van der Waals surface area contributed by atoms with Gasteiger partial charge in [-0.2, -0.15) is 8.78 Å². The van der Waals surface area contributed by atoms with Crippen LogP contribution in [0.5, 0.6) is 11.6 Å². The van der Waals surface area contributed by atoms with Crippen molar-refractivity contribution in [2.24, 2.45) is 0 Å². The van der Waals surface area contributed by atoms with Gasteiger partial charge < -0.3 is 14.6 Å². The molecule has 1 atom stereocenters. The smallest absolute Gasteiger partial charge is 0.387 e. The van der Waals surface area contributed by atoms with E-state index >= 15 is 0 Å². The summed E-state index contributed by atoms with van der Waals surface area (Å²) in [7, 11) is 1.38. The minimum atomic E-state index is -2.98. The van der Waals surface area contributed by atoms with E-state index in [-0.39, 0.29) is 22.9 Å². The van der Waals surface area contributed by atoms with Crippen LogP contribution in [-0.4, -0.2) is 28.8 Å². The Morgan fingerprint density at radius 3 is 2.55 bits per heavy atom. The molecule has 2 aromatic rings. The summed E-state index contributed by atoms with van der Waals surface area (Å²) in [6.45, 7) is -2.98. The van der Waals surface area contributed by atoms with Crippen LogP contribution in [0.25, 0.3) is 0 Å². The molecular weight excluding hydrogens is 270 g/mol. The molecule has 20 heavy (non-hydrogen) atoms. The Morgan fingerprint density at radius 2 is 1.85 bits per heavy atom. The van der Waals surface area contributed by atoms with Gasteiger partial charge in [-0.3, -0.25) is 4.98 Å². The highest BCUT2D eigenvalue weighted by Gasteiger charge is 2.22. The molecule has 0 fully saturated rings. The van der Waals surface area contributed by atoms with Gasteiger partial charge in [-0.1, -0.05) is 18.2 Å². The minimum absolute atomic E-state index is 0.117. The van der Waals surface area contributed by atoms with Gasteiger partial charge in [-0.15, -0.1) is 0 Å². The van der Waals surface area contributed by atoms with Crippen molar-refractivity contribution in [3.05, 3.63) is 47.9 Å². The number of aromatic nitrogens is 2. The van der Waals surface area contributed by atoms with Crippen molar-refractivity contribution < 1.29 is 23.4 Å². The standard InChI is InChI=1S/C13H12F2N2O3/c1-19-12-10(16-6-7-17-12)11(18)8-4-2-3-5-9(8)20-13(14)15/h2-7,11,13,18H,1H3. The lowest BCUT2D eigenvalue weighted by atomic mass is 10.1. The van der Waals surface area contributed by atoms with Crippen LogP contribution in [0.3, 0.4) is 0 Å². The van der Waals surface area contributed by atoms with Crippen LogP contribution in [0.1, 0.15) is 17.4 Å². The second-order valence-corrected chi connectivity index (χ2v) is 3.77. The molecule has 1 heterocycles. The zero-order chi connectivity index (χ0) is 14.5. The molecule has 7 heteroatoms. The van der Waals surface area contributed by atoms with Crippen LogP contribution >= 0.6 is 0 Å². The number of benzene rings is 1. The number of hydrogen-bond acceptors (Lipinski definition) is 5. The van der Waals surface area contributed by atoms with Gasteiger partial charge in [0.2, 0.25) is 5.88 Å². The van der Waals surface area contributed by atoms with Gasteiger partial charge in [0.05, 0.1) is 7.11 Å². The molecule has 106 valence electrons. The predicted molar refractivity (Wildman–Crippen MR) is 65.7 cm³/mol. The van der Waals surface area contributed by atoms with Crippen LogP contribution in [0.15, 0.2) is 36.7 Å². The number of para-hydroxylation sites is 1. The fourth-order valence-corrected chi connectivity index (χ4v) is 1.74. The van der Waals surface area contributed by atoms with Gasteiger partial charge in [0.1, 0.15) is 17.5 Å². The summed E-state index contributed by atoms with van der Waals surface area (Å²) in [5, 5.41) is 10.3. The van der Waals surface area contributed by atoms with Crippen molar-refractivity contribution in [1.29, 1.82) is 0 Å². The van der Waals surface area contributed by atoms with Gasteiger partial charge in [-0.25, -0.2) is 4.98 Å². The number of ether oxygens (including phenoxy) is 2. The van der Waals surface area contributed by atoms with E-state index in [0.29, 0.717) is 0 Å². The summed E-state index contributed by atoms with van der Waals surface area (Å²) in [4.78, 5) is 7.87. The van der Waals surface area contributed by atoms with E-state index in [9.17, 15) is 13.9 Å². The van der Waals surface area contributed by atoms with Crippen LogP contribution in [0, 0.1) is 0 Å². The number of nitrogens with zero attached hydrogens (tertiary/aromatic N) is 2. The van der Waals surface area contributed by atoms with Gasteiger partial charge in [0.15, 0.2) is 0 Å². The number of halogens is 2. The van der Waals surface area contributed by atoms with Gasteiger partial charge in [0, 0.05) is 18.0 Å². The molecule has 1 aromatic carbocycles. The first kappa shape index (κ1) is 14.1. The molecule has 2 rings (SSSR count). The third-order valence-electron chi connectivity index (χ3n) is 2.57. The van der Waals surface area contributed by atoms with Gasteiger partial charge in [-0.05, 0) is 6.07 Å². The Hall–Kier alpha value is -2.28. The molecule has 1 aromatic heterocycles.